The monoisotopic (exact) mass is 456 g/mol. The number of hydrogen-bond donors (Lipinski definition) is 3. The summed E-state index contributed by atoms with van der Waals surface area (Å²) < 4.78 is 1.88. The van der Waals surface area contributed by atoms with Crippen LogP contribution in [0.1, 0.15) is 72.5 Å². The number of pyridine rings is 1. The molecule has 2 bridgehead atoms. The Balaban J connectivity index is 1.27. The van der Waals surface area contributed by atoms with Gasteiger partial charge in [0, 0.05) is 36.1 Å². The van der Waals surface area contributed by atoms with Crippen LogP contribution in [-0.2, 0) is 0 Å². The summed E-state index contributed by atoms with van der Waals surface area (Å²) in [5.41, 5.74) is 2.10. The summed E-state index contributed by atoms with van der Waals surface area (Å²) in [5.74, 6) is -0.0266. The first-order valence-electron chi connectivity index (χ1n) is 12.0. The van der Waals surface area contributed by atoms with Crippen LogP contribution < -0.4 is 10.6 Å². The van der Waals surface area contributed by atoms with E-state index < -0.39 is 11.1 Å². The summed E-state index contributed by atoms with van der Waals surface area (Å²) in [6.45, 7) is 0.658. The molecule has 1 amide bonds. The largest absolute Gasteiger partial charge is 0.390 e. The Morgan fingerprint density at radius 1 is 1.18 bits per heavy atom. The minimum atomic E-state index is -0.476. The molecule has 4 saturated carbocycles. The molecule has 3 N–H and O–H groups in total. The molecule has 3 heterocycles. The number of nitriles is 1. The number of aliphatic hydroxyl groups is 1. The molecule has 0 spiro atoms. The van der Waals surface area contributed by atoms with Crippen molar-refractivity contribution in [3.8, 4) is 6.07 Å². The SMILES string of the molecule is N#Cc1cnn2c(C3CC3(CNC34CCC(O)(CC3)CC4)NC(=O)c3cccnc3)ccc2c1. The molecule has 34 heavy (non-hydrogen) atoms. The maximum absolute atomic E-state index is 13.1. The third kappa shape index (κ3) is 3.56. The zero-order valence-corrected chi connectivity index (χ0v) is 19.0. The molecule has 7 rings (SSSR count). The van der Waals surface area contributed by atoms with Crippen molar-refractivity contribution in [1.82, 2.24) is 25.2 Å². The smallest absolute Gasteiger partial charge is 0.253 e. The van der Waals surface area contributed by atoms with Crippen molar-refractivity contribution in [3.63, 3.8) is 0 Å². The Labute approximate surface area is 198 Å². The molecule has 0 saturated heterocycles. The predicted molar refractivity (Wildman–Crippen MR) is 125 cm³/mol. The minimum Gasteiger partial charge on any atom is -0.390 e. The van der Waals surface area contributed by atoms with Crippen LogP contribution in [-0.4, -0.2) is 48.8 Å². The van der Waals surface area contributed by atoms with E-state index in [2.05, 4.69) is 26.8 Å². The molecule has 4 aliphatic rings. The van der Waals surface area contributed by atoms with Gasteiger partial charge in [-0.05, 0) is 75.3 Å². The number of nitrogens with one attached hydrogen (secondary N) is 2. The van der Waals surface area contributed by atoms with Crippen LogP contribution in [0.4, 0.5) is 0 Å². The second kappa shape index (κ2) is 7.62. The number of fused-ring (bicyclic) bond motifs is 4. The molecule has 0 radical (unpaired) electrons. The highest BCUT2D eigenvalue weighted by Gasteiger charge is 2.58. The lowest BCUT2D eigenvalue weighted by atomic mass is 9.63. The zero-order valence-electron chi connectivity index (χ0n) is 19.0. The van der Waals surface area contributed by atoms with Crippen LogP contribution in [0.5, 0.6) is 0 Å². The Kier molecular flexibility index (Phi) is 4.77. The van der Waals surface area contributed by atoms with Crippen LogP contribution in [0.3, 0.4) is 0 Å². The number of rotatable bonds is 6. The van der Waals surface area contributed by atoms with Gasteiger partial charge in [0.05, 0.1) is 34.0 Å². The molecule has 4 aliphatic carbocycles. The van der Waals surface area contributed by atoms with Crippen LogP contribution in [0.25, 0.3) is 5.52 Å². The molecular formula is C26H28N6O2. The standard InChI is InChI=1S/C26H28N6O2/c27-14-18-12-20-3-4-22(32(20)30-15-18)21-13-26(21,31-23(33)19-2-1-11-28-16-19)17-29-24-5-8-25(34,9-6-24)10-7-24/h1-4,11-12,15-16,21,29,34H,5-10,13,17H2,(H,31,33). The van der Waals surface area contributed by atoms with Crippen LogP contribution in [0, 0.1) is 11.3 Å². The quantitative estimate of drug-likeness (QED) is 0.525. The lowest BCUT2D eigenvalue weighted by Gasteiger charge is -2.52. The van der Waals surface area contributed by atoms with Gasteiger partial charge in [0.2, 0.25) is 0 Å². The third-order valence-electron chi connectivity index (χ3n) is 8.36. The second-order valence-electron chi connectivity index (χ2n) is 10.4. The number of amides is 1. The summed E-state index contributed by atoms with van der Waals surface area (Å²) in [6.07, 6.45) is 11.1. The van der Waals surface area contributed by atoms with Crippen LogP contribution >= 0.6 is 0 Å². The van der Waals surface area contributed by atoms with E-state index >= 15 is 0 Å². The third-order valence-corrected chi connectivity index (χ3v) is 8.36. The maximum atomic E-state index is 13.1. The number of carbonyl (C=O) groups excluding carboxylic acids is 1. The Bertz CT molecular complexity index is 1270. The van der Waals surface area contributed by atoms with E-state index in [1.54, 1.807) is 30.7 Å². The fourth-order valence-corrected chi connectivity index (χ4v) is 5.99. The summed E-state index contributed by atoms with van der Waals surface area (Å²) >= 11 is 0. The molecule has 0 aliphatic heterocycles. The van der Waals surface area contributed by atoms with Crippen molar-refractivity contribution in [3.05, 3.63) is 65.7 Å². The molecule has 0 aromatic carbocycles. The van der Waals surface area contributed by atoms with Gasteiger partial charge in [0.1, 0.15) is 6.07 Å². The molecule has 2 atom stereocenters. The Hall–Kier alpha value is -3.28. The number of hydrogen-bond acceptors (Lipinski definition) is 6. The van der Waals surface area contributed by atoms with E-state index in [9.17, 15) is 15.2 Å². The average Bonchev–Trinajstić information content (AvgIpc) is 3.41. The molecule has 3 aromatic rings. The van der Waals surface area contributed by atoms with Crippen LogP contribution in [0.15, 0.2) is 48.9 Å². The van der Waals surface area contributed by atoms with E-state index in [1.165, 1.54) is 0 Å². The lowest BCUT2D eigenvalue weighted by Crippen LogP contribution is -2.60. The van der Waals surface area contributed by atoms with Gasteiger partial charge in [-0.1, -0.05) is 0 Å². The molecular weight excluding hydrogens is 428 g/mol. The second-order valence-corrected chi connectivity index (χ2v) is 10.4. The molecule has 8 nitrogen and oxygen atoms in total. The van der Waals surface area contributed by atoms with E-state index in [-0.39, 0.29) is 17.4 Å². The summed E-state index contributed by atoms with van der Waals surface area (Å²) in [6, 6.07) is 11.5. The maximum Gasteiger partial charge on any atom is 0.253 e. The van der Waals surface area contributed by atoms with E-state index in [0.29, 0.717) is 17.7 Å². The van der Waals surface area contributed by atoms with Crippen molar-refractivity contribution >= 4 is 11.4 Å². The van der Waals surface area contributed by atoms with Crippen molar-refractivity contribution in [2.75, 3.05) is 6.54 Å². The van der Waals surface area contributed by atoms with Gasteiger partial charge in [-0.25, -0.2) is 4.52 Å². The summed E-state index contributed by atoms with van der Waals surface area (Å²) in [7, 11) is 0. The first-order chi connectivity index (χ1) is 16.4. The average molecular weight is 457 g/mol. The van der Waals surface area contributed by atoms with Gasteiger partial charge >= 0.3 is 0 Å². The molecule has 3 aromatic heterocycles. The normalized spacial score (nSPS) is 31.8. The zero-order chi connectivity index (χ0) is 23.4. The summed E-state index contributed by atoms with van der Waals surface area (Å²) in [5, 5.41) is 31.5. The highest BCUT2D eigenvalue weighted by molar-refractivity contribution is 5.94. The summed E-state index contributed by atoms with van der Waals surface area (Å²) in [4.78, 5) is 17.2. The van der Waals surface area contributed by atoms with Crippen molar-refractivity contribution in [1.29, 1.82) is 5.26 Å². The molecule has 174 valence electrons. The van der Waals surface area contributed by atoms with Crippen molar-refractivity contribution in [2.24, 2.45) is 0 Å². The Morgan fingerprint density at radius 3 is 2.68 bits per heavy atom. The van der Waals surface area contributed by atoms with Gasteiger partial charge in [-0.2, -0.15) is 10.4 Å². The fourth-order valence-electron chi connectivity index (χ4n) is 5.99. The number of carbonyl (C=O) groups is 1. The van der Waals surface area contributed by atoms with Gasteiger partial charge in [-0.15, -0.1) is 0 Å². The van der Waals surface area contributed by atoms with Crippen molar-refractivity contribution < 1.29 is 9.90 Å². The number of nitrogens with zero attached hydrogens (tertiary/aromatic N) is 4. The lowest BCUT2D eigenvalue weighted by molar-refractivity contribution is -0.0729. The number of aromatic nitrogens is 3. The minimum absolute atomic E-state index is 0.0326. The fraction of sp³-hybridized carbons (Fsp3) is 0.462. The van der Waals surface area contributed by atoms with Gasteiger partial charge < -0.3 is 15.7 Å². The molecule has 4 fully saturated rings. The van der Waals surface area contributed by atoms with Gasteiger partial charge in [0.25, 0.3) is 5.91 Å². The molecule has 8 heteroatoms. The highest BCUT2D eigenvalue weighted by Crippen LogP contribution is 2.53. The topological polar surface area (TPSA) is 115 Å². The first kappa shape index (κ1) is 21.3. The van der Waals surface area contributed by atoms with Crippen molar-refractivity contribution in [2.45, 2.75) is 67.5 Å². The highest BCUT2D eigenvalue weighted by atomic mass is 16.3. The van der Waals surface area contributed by atoms with Gasteiger partial charge in [0.15, 0.2) is 0 Å². The van der Waals surface area contributed by atoms with E-state index in [0.717, 1.165) is 56.2 Å². The van der Waals surface area contributed by atoms with E-state index in [1.807, 2.05) is 22.7 Å². The van der Waals surface area contributed by atoms with E-state index in [4.69, 9.17) is 0 Å². The first-order valence-corrected chi connectivity index (χ1v) is 12.0. The van der Waals surface area contributed by atoms with Gasteiger partial charge in [-0.3, -0.25) is 9.78 Å². The predicted octanol–water partition coefficient (Wildman–Crippen LogP) is 2.68. The molecule has 2 unspecified atom stereocenters. The van der Waals surface area contributed by atoms with Crippen LogP contribution in [0.2, 0.25) is 0 Å². The Morgan fingerprint density at radius 2 is 1.97 bits per heavy atom.